The number of hydrogen-bond donors (Lipinski definition) is 1. The third-order valence-electron chi connectivity index (χ3n) is 6.98. The normalized spacial score (nSPS) is 17.6. The van der Waals surface area contributed by atoms with Gasteiger partial charge in [0.05, 0.1) is 13.2 Å². The van der Waals surface area contributed by atoms with Crippen molar-refractivity contribution >= 4 is 28.3 Å². The van der Waals surface area contributed by atoms with Gasteiger partial charge in [0.2, 0.25) is 5.91 Å². The molecule has 1 fully saturated rings. The quantitative estimate of drug-likeness (QED) is 0.471. The number of morpholine rings is 1. The van der Waals surface area contributed by atoms with Gasteiger partial charge in [-0.3, -0.25) is 9.69 Å². The molecule has 192 valence electrons. The van der Waals surface area contributed by atoms with Crippen molar-refractivity contribution in [3.8, 4) is 5.75 Å². The van der Waals surface area contributed by atoms with E-state index in [1.165, 1.54) is 21.9 Å². The molecule has 2 heterocycles. The van der Waals surface area contributed by atoms with Crippen LogP contribution in [0.3, 0.4) is 0 Å². The monoisotopic (exact) mass is 498 g/mol. The number of nitrogens with zero attached hydrogens (tertiary/aromatic N) is 2. The van der Waals surface area contributed by atoms with Crippen LogP contribution in [0.15, 0.2) is 78.9 Å². The molecule has 2 aliphatic heterocycles. The minimum Gasteiger partial charge on any atom is -0.490 e. The maximum absolute atomic E-state index is 12.4. The molecule has 1 amide bonds. The van der Waals surface area contributed by atoms with Gasteiger partial charge in [-0.25, -0.2) is 0 Å². The first kappa shape index (κ1) is 25.2. The van der Waals surface area contributed by atoms with Crippen molar-refractivity contribution in [2.75, 3.05) is 52.5 Å². The lowest BCUT2D eigenvalue weighted by Gasteiger charge is -2.28. The molecule has 0 aromatic heterocycles. The Bertz CT molecular complexity index is 1270. The number of hydrogen-bond acceptors (Lipinski definition) is 5. The minimum absolute atomic E-state index is 0.0286. The van der Waals surface area contributed by atoms with Crippen LogP contribution in [0.25, 0.3) is 22.4 Å². The van der Waals surface area contributed by atoms with Crippen molar-refractivity contribution in [3.05, 3.63) is 90.0 Å². The van der Waals surface area contributed by atoms with Crippen LogP contribution in [0.5, 0.6) is 5.75 Å². The smallest absolute Gasteiger partial charge is 0.246 e. The van der Waals surface area contributed by atoms with Crippen molar-refractivity contribution in [1.29, 1.82) is 0 Å². The van der Waals surface area contributed by atoms with Crippen molar-refractivity contribution < 1.29 is 19.4 Å². The van der Waals surface area contributed by atoms with Crippen LogP contribution >= 0.6 is 0 Å². The highest BCUT2D eigenvalue weighted by Gasteiger charge is 2.18. The van der Waals surface area contributed by atoms with Crippen LogP contribution in [-0.4, -0.2) is 79.5 Å². The highest BCUT2D eigenvalue weighted by atomic mass is 16.5. The fourth-order valence-electron chi connectivity index (χ4n) is 4.96. The number of para-hydroxylation sites is 1. The minimum atomic E-state index is -0.612. The van der Waals surface area contributed by atoms with Gasteiger partial charge in [-0.05, 0) is 40.5 Å². The summed E-state index contributed by atoms with van der Waals surface area (Å²) < 4.78 is 11.3. The zero-order chi connectivity index (χ0) is 25.5. The number of amides is 1. The Balaban J connectivity index is 1.14. The Morgan fingerprint density at radius 1 is 1.00 bits per heavy atom. The summed E-state index contributed by atoms with van der Waals surface area (Å²) >= 11 is 0. The van der Waals surface area contributed by atoms with Gasteiger partial charge >= 0.3 is 0 Å². The third kappa shape index (κ3) is 6.46. The van der Waals surface area contributed by atoms with E-state index in [0.29, 0.717) is 38.6 Å². The second-order valence-electron chi connectivity index (χ2n) is 9.54. The summed E-state index contributed by atoms with van der Waals surface area (Å²) in [6.45, 7) is 4.83. The zero-order valence-electron chi connectivity index (χ0n) is 21.1. The van der Waals surface area contributed by atoms with E-state index in [1.54, 1.807) is 17.1 Å². The number of benzene rings is 3. The first-order valence-corrected chi connectivity index (χ1v) is 13.0. The summed E-state index contributed by atoms with van der Waals surface area (Å²) in [7, 11) is 0. The van der Waals surface area contributed by atoms with Crippen molar-refractivity contribution in [1.82, 2.24) is 9.80 Å². The highest BCUT2D eigenvalue weighted by molar-refractivity contribution is 5.94. The van der Waals surface area contributed by atoms with Gasteiger partial charge in [0.25, 0.3) is 0 Å². The molecule has 3 aromatic carbocycles. The molecule has 5 rings (SSSR count). The Labute approximate surface area is 218 Å². The number of fused-ring (bicyclic) bond motifs is 1. The largest absolute Gasteiger partial charge is 0.490 e. The number of rotatable bonds is 8. The highest BCUT2D eigenvalue weighted by Crippen LogP contribution is 2.29. The second kappa shape index (κ2) is 12.2. The molecule has 1 N–H and O–H groups in total. The van der Waals surface area contributed by atoms with Gasteiger partial charge in [0, 0.05) is 44.4 Å². The van der Waals surface area contributed by atoms with E-state index in [1.807, 2.05) is 24.3 Å². The average Bonchev–Trinajstić information content (AvgIpc) is 2.96. The number of β-amino-alcohol motifs (C(OH)–C–C–N with tert-alkyl or cyclic N) is 1. The SMILES string of the molecule is O=C(C=Cc1ccccc1OCC(O)CN1CC=C(c2cccc3ccccc23)CC1)N1CCOCC1. The first-order chi connectivity index (χ1) is 18.2. The molecular weight excluding hydrogens is 464 g/mol. The Morgan fingerprint density at radius 2 is 1.78 bits per heavy atom. The number of carbonyl (C=O) groups excluding carboxylic acids is 1. The average molecular weight is 499 g/mol. The molecule has 37 heavy (non-hydrogen) atoms. The van der Waals surface area contributed by atoms with Crippen molar-refractivity contribution in [2.45, 2.75) is 12.5 Å². The molecule has 1 atom stereocenters. The Hall–Kier alpha value is -3.45. The number of ether oxygens (including phenoxy) is 2. The summed E-state index contributed by atoms with van der Waals surface area (Å²) in [5.74, 6) is 0.628. The van der Waals surface area contributed by atoms with E-state index in [9.17, 15) is 9.90 Å². The molecule has 0 bridgehead atoms. The van der Waals surface area contributed by atoms with E-state index in [4.69, 9.17) is 9.47 Å². The zero-order valence-corrected chi connectivity index (χ0v) is 21.1. The van der Waals surface area contributed by atoms with E-state index in [0.717, 1.165) is 25.1 Å². The molecule has 0 aliphatic carbocycles. The lowest BCUT2D eigenvalue weighted by molar-refractivity contribution is -0.129. The Kier molecular flexibility index (Phi) is 8.31. The lowest BCUT2D eigenvalue weighted by Crippen LogP contribution is -2.39. The van der Waals surface area contributed by atoms with Crippen molar-refractivity contribution in [2.24, 2.45) is 0 Å². The molecule has 1 saturated heterocycles. The standard InChI is InChI=1S/C31H34N2O4/c34-27(22-32-16-14-25(15-17-32)29-10-5-8-24-6-1-3-9-28(24)29)23-37-30-11-4-2-7-26(30)12-13-31(35)33-18-20-36-21-19-33/h1-14,27,34H,15-23H2. The fraction of sp³-hybridized carbons (Fsp3) is 0.323. The van der Waals surface area contributed by atoms with Gasteiger partial charge in [-0.1, -0.05) is 66.7 Å². The van der Waals surface area contributed by atoms with E-state index < -0.39 is 6.10 Å². The topological polar surface area (TPSA) is 62.2 Å². The molecule has 0 saturated carbocycles. The summed E-state index contributed by atoms with van der Waals surface area (Å²) in [6.07, 6.45) is 5.98. The Morgan fingerprint density at radius 3 is 2.62 bits per heavy atom. The molecule has 6 nitrogen and oxygen atoms in total. The maximum atomic E-state index is 12.4. The number of aliphatic hydroxyl groups excluding tert-OH is 1. The molecule has 3 aromatic rings. The van der Waals surface area contributed by atoms with E-state index in [-0.39, 0.29) is 12.5 Å². The van der Waals surface area contributed by atoms with Crippen LogP contribution in [0.4, 0.5) is 0 Å². The lowest BCUT2D eigenvalue weighted by atomic mass is 9.94. The van der Waals surface area contributed by atoms with Crippen LogP contribution in [0.2, 0.25) is 0 Å². The van der Waals surface area contributed by atoms with Gasteiger partial charge < -0.3 is 19.5 Å². The molecule has 0 spiro atoms. The van der Waals surface area contributed by atoms with Gasteiger partial charge in [-0.2, -0.15) is 0 Å². The van der Waals surface area contributed by atoms with Crippen molar-refractivity contribution in [3.63, 3.8) is 0 Å². The molecule has 1 unspecified atom stereocenters. The van der Waals surface area contributed by atoms with Crippen LogP contribution < -0.4 is 4.74 Å². The van der Waals surface area contributed by atoms with Gasteiger partial charge in [0.15, 0.2) is 0 Å². The number of carbonyl (C=O) groups is 1. The maximum Gasteiger partial charge on any atom is 0.246 e. The predicted octanol–water partition coefficient (Wildman–Crippen LogP) is 4.24. The van der Waals surface area contributed by atoms with E-state index >= 15 is 0 Å². The first-order valence-electron chi connectivity index (χ1n) is 13.0. The summed E-state index contributed by atoms with van der Waals surface area (Å²) in [5.41, 5.74) is 3.49. The summed E-state index contributed by atoms with van der Waals surface area (Å²) in [6, 6.07) is 22.6. The molecular formula is C31H34N2O4. The number of aliphatic hydroxyl groups is 1. The van der Waals surface area contributed by atoms with Gasteiger partial charge in [-0.15, -0.1) is 0 Å². The molecule has 0 radical (unpaired) electrons. The van der Waals surface area contributed by atoms with Crippen LogP contribution in [-0.2, 0) is 9.53 Å². The molecule has 6 heteroatoms. The van der Waals surface area contributed by atoms with Crippen LogP contribution in [0, 0.1) is 0 Å². The predicted molar refractivity (Wildman–Crippen MR) is 147 cm³/mol. The van der Waals surface area contributed by atoms with E-state index in [2.05, 4.69) is 53.4 Å². The third-order valence-corrected chi connectivity index (χ3v) is 6.98. The summed E-state index contributed by atoms with van der Waals surface area (Å²) in [4.78, 5) is 16.5. The van der Waals surface area contributed by atoms with Crippen LogP contribution in [0.1, 0.15) is 17.5 Å². The fourth-order valence-corrected chi connectivity index (χ4v) is 4.96. The summed E-state index contributed by atoms with van der Waals surface area (Å²) in [5, 5.41) is 13.2. The second-order valence-corrected chi connectivity index (χ2v) is 9.54. The molecule has 2 aliphatic rings. The van der Waals surface area contributed by atoms with Gasteiger partial charge in [0.1, 0.15) is 18.5 Å².